The zero-order valence-corrected chi connectivity index (χ0v) is 12.0. The number of methoxy groups -OCH3 is 1. The molecule has 0 aliphatic heterocycles. The molecule has 5 nitrogen and oxygen atoms in total. The van der Waals surface area contributed by atoms with Gasteiger partial charge >= 0.3 is 0 Å². The van der Waals surface area contributed by atoms with E-state index in [4.69, 9.17) is 27.9 Å². The van der Waals surface area contributed by atoms with Gasteiger partial charge in [-0.15, -0.1) is 0 Å². The van der Waals surface area contributed by atoms with Crippen LogP contribution in [0.1, 0.15) is 11.7 Å². The van der Waals surface area contributed by atoms with Gasteiger partial charge in [0.1, 0.15) is 12.0 Å². The van der Waals surface area contributed by atoms with Crippen molar-refractivity contribution >= 4 is 34.8 Å². The number of aromatic nitrogens is 2. The van der Waals surface area contributed by atoms with Gasteiger partial charge in [0.2, 0.25) is 0 Å². The standard InChI is InChI=1S/C13H11Cl2N3O2/c1-20-10(8-5-3-2-4-6-8)13(19)18-9-11(14)16-7-17-12(9)15/h2-7,10H,1H3,(H,18,19). The average molecular weight is 312 g/mol. The van der Waals surface area contributed by atoms with Crippen molar-refractivity contribution in [2.75, 3.05) is 12.4 Å². The predicted molar refractivity (Wildman–Crippen MR) is 76.9 cm³/mol. The van der Waals surface area contributed by atoms with Crippen molar-refractivity contribution in [3.63, 3.8) is 0 Å². The third-order valence-electron chi connectivity index (χ3n) is 2.58. The maximum atomic E-state index is 12.2. The summed E-state index contributed by atoms with van der Waals surface area (Å²) in [6.45, 7) is 0. The van der Waals surface area contributed by atoms with Gasteiger partial charge in [0.05, 0.1) is 0 Å². The number of carbonyl (C=O) groups excluding carboxylic acids is 1. The molecule has 0 radical (unpaired) electrons. The molecule has 0 aliphatic carbocycles. The van der Waals surface area contributed by atoms with E-state index in [-0.39, 0.29) is 16.0 Å². The van der Waals surface area contributed by atoms with Crippen LogP contribution < -0.4 is 5.32 Å². The van der Waals surface area contributed by atoms with Crippen molar-refractivity contribution < 1.29 is 9.53 Å². The van der Waals surface area contributed by atoms with Gasteiger partial charge in [-0.05, 0) is 5.56 Å². The first kappa shape index (κ1) is 14.7. The van der Waals surface area contributed by atoms with Crippen molar-refractivity contribution in [3.05, 3.63) is 52.5 Å². The molecule has 20 heavy (non-hydrogen) atoms. The topological polar surface area (TPSA) is 64.1 Å². The van der Waals surface area contributed by atoms with E-state index >= 15 is 0 Å². The fourth-order valence-corrected chi connectivity index (χ4v) is 2.07. The number of rotatable bonds is 4. The fourth-order valence-electron chi connectivity index (χ4n) is 1.66. The summed E-state index contributed by atoms with van der Waals surface area (Å²) in [6, 6.07) is 9.07. The van der Waals surface area contributed by atoms with Crippen LogP contribution in [0.4, 0.5) is 5.69 Å². The van der Waals surface area contributed by atoms with Gasteiger partial charge in [-0.3, -0.25) is 4.79 Å². The highest BCUT2D eigenvalue weighted by atomic mass is 35.5. The number of carbonyl (C=O) groups is 1. The zero-order valence-electron chi connectivity index (χ0n) is 10.5. The Bertz CT molecular complexity index is 588. The normalized spacial score (nSPS) is 11.9. The van der Waals surface area contributed by atoms with Gasteiger partial charge in [-0.25, -0.2) is 9.97 Å². The maximum Gasteiger partial charge on any atom is 0.258 e. The molecule has 2 rings (SSSR count). The molecule has 1 N–H and O–H groups in total. The van der Waals surface area contributed by atoms with E-state index < -0.39 is 12.0 Å². The summed E-state index contributed by atoms with van der Waals surface area (Å²) in [6.07, 6.45) is 0.439. The summed E-state index contributed by atoms with van der Waals surface area (Å²) in [4.78, 5) is 19.8. The molecule has 0 saturated heterocycles. The number of nitrogens with zero attached hydrogens (tertiary/aromatic N) is 2. The number of hydrogen-bond acceptors (Lipinski definition) is 4. The second-order valence-electron chi connectivity index (χ2n) is 3.85. The van der Waals surface area contributed by atoms with Gasteiger partial charge in [-0.1, -0.05) is 53.5 Å². The van der Waals surface area contributed by atoms with E-state index in [9.17, 15) is 4.79 Å². The predicted octanol–water partition coefficient (Wildman–Crippen LogP) is 3.11. The quantitative estimate of drug-likeness (QED) is 0.881. The molecule has 0 aliphatic rings. The minimum absolute atomic E-state index is 0.0706. The number of hydrogen-bond donors (Lipinski definition) is 1. The molecule has 1 atom stereocenters. The molecule has 7 heteroatoms. The number of anilines is 1. The van der Waals surface area contributed by atoms with Crippen molar-refractivity contribution in [3.8, 4) is 0 Å². The number of nitrogens with one attached hydrogen (secondary N) is 1. The summed E-state index contributed by atoms with van der Waals surface area (Å²) in [5.74, 6) is -0.405. The SMILES string of the molecule is COC(C(=O)Nc1c(Cl)ncnc1Cl)c1ccccc1. The largest absolute Gasteiger partial charge is 0.367 e. The van der Waals surface area contributed by atoms with Crippen LogP contribution >= 0.6 is 23.2 Å². The highest BCUT2D eigenvalue weighted by molar-refractivity contribution is 6.38. The second kappa shape index (κ2) is 6.65. The van der Waals surface area contributed by atoms with Crippen LogP contribution in [0.2, 0.25) is 10.3 Å². The van der Waals surface area contributed by atoms with E-state index in [1.165, 1.54) is 13.4 Å². The van der Waals surface area contributed by atoms with Crippen LogP contribution in [0.15, 0.2) is 36.7 Å². The molecule has 2 aromatic rings. The Morgan fingerprint density at radius 1 is 1.20 bits per heavy atom. The molecular weight excluding hydrogens is 301 g/mol. The molecule has 1 amide bonds. The highest BCUT2D eigenvalue weighted by Gasteiger charge is 2.22. The number of amides is 1. The Balaban J connectivity index is 2.23. The van der Waals surface area contributed by atoms with E-state index in [0.29, 0.717) is 0 Å². The molecule has 0 fully saturated rings. The first-order valence-electron chi connectivity index (χ1n) is 5.68. The van der Waals surface area contributed by atoms with E-state index in [1.54, 1.807) is 12.1 Å². The van der Waals surface area contributed by atoms with Crippen molar-refractivity contribution in [2.24, 2.45) is 0 Å². The van der Waals surface area contributed by atoms with Gasteiger partial charge < -0.3 is 10.1 Å². The van der Waals surface area contributed by atoms with E-state index in [2.05, 4.69) is 15.3 Å². The molecular formula is C13H11Cl2N3O2. The van der Waals surface area contributed by atoms with Crippen molar-refractivity contribution in [1.82, 2.24) is 9.97 Å². The fraction of sp³-hybridized carbons (Fsp3) is 0.154. The van der Waals surface area contributed by atoms with Gasteiger partial charge in [0.15, 0.2) is 16.4 Å². The second-order valence-corrected chi connectivity index (χ2v) is 4.56. The summed E-state index contributed by atoms with van der Waals surface area (Å²) >= 11 is 11.8. The maximum absolute atomic E-state index is 12.2. The van der Waals surface area contributed by atoms with Crippen LogP contribution in [0.3, 0.4) is 0 Å². The van der Waals surface area contributed by atoms with E-state index in [0.717, 1.165) is 5.56 Å². The third kappa shape index (κ3) is 3.25. The van der Waals surface area contributed by atoms with Crippen LogP contribution in [0.5, 0.6) is 0 Å². The average Bonchev–Trinajstić information content (AvgIpc) is 2.45. The van der Waals surface area contributed by atoms with Crippen LogP contribution in [-0.2, 0) is 9.53 Å². The first-order valence-corrected chi connectivity index (χ1v) is 6.43. The summed E-state index contributed by atoms with van der Waals surface area (Å²) in [7, 11) is 1.45. The lowest BCUT2D eigenvalue weighted by Gasteiger charge is -2.16. The Hall–Kier alpha value is -1.69. The van der Waals surface area contributed by atoms with Crippen LogP contribution in [0.25, 0.3) is 0 Å². The molecule has 1 heterocycles. The lowest BCUT2D eigenvalue weighted by atomic mass is 10.1. The molecule has 1 aromatic heterocycles. The Morgan fingerprint density at radius 2 is 1.80 bits per heavy atom. The Morgan fingerprint density at radius 3 is 2.35 bits per heavy atom. The monoisotopic (exact) mass is 311 g/mol. The van der Waals surface area contributed by atoms with Crippen LogP contribution in [-0.4, -0.2) is 23.0 Å². The lowest BCUT2D eigenvalue weighted by Crippen LogP contribution is -2.23. The van der Waals surface area contributed by atoms with Crippen molar-refractivity contribution in [2.45, 2.75) is 6.10 Å². The smallest absolute Gasteiger partial charge is 0.258 e. The van der Waals surface area contributed by atoms with Gasteiger partial charge in [0.25, 0.3) is 5.91 Å². The first-order chi connectivity index (χ1) is 9.63. The minimum Gasteiger partial charge on any atom is -0.367 e. The number of benzene rings is 1. The molecule has 1 unspecified atom stereocenters. The number of halogens is 2. The minimum atomic E-state index is -0.775. The summed E-state index contributed by atoms with van der Waals surface area (Å²) < 4.78 is 5.21. The molecule has 0 bridgehead atoms. The van der Waals surface area contributed by atoms with Gasteiger partial charge in [-0.2, -0.15) is 0 Å². The molecule has 0 spiro atoms. The molecule has 0 saturated carbocycles. The van der Waals surface area contributed by atoms with E-state index in [1.807, 2.05) is 18.2 Å². The zero-order chi connectivity index (χ0) is 14.5. The van der Waals surface area contributed by atoms with Crippen LogP contribution in [0, 0.1) is 0 Å². The molecule has 104 valence electrons. The Kier molecular flexibility index (Phi) is 4.89. The number of ether oxygens (including phenoxy) is 1. The molecule has 1 aromatic carbocycles. The van der Waals surface area contributed by atoms with Gasteiger partial charge in [0, 0.05) is 7.11 Å². The lowest BCUT2D eigenvalue weighted by molar-refractivity contribution is -0.126. The Labute approximate surface area is 125 Å². The third-order valence-corrected chi connectivity index (χ3v) is 3.15. The van der Waals surface area contributed by atoms with Crippen molar-refractivity contribution in [1.29, 1.82) is 0 Å². The summed E-state index contributed by atoms with van der Waals surface area (Å²) in [5.41, 5.74) is 0.885. The highest BCUT2D eigenvalue weighted by Crippen LogP contribution is 2.27. The summed E-state index contributed by atoms with van der Waals surface area (Å²) in [5, 5.41) is 2.72.